The minimum Gasteiger partial charge on any atom is -0.373 e. The molecule has 0 fully saturated rings. The molecule has 0 spiro atoms. The van der Waals surface area contributed by atoms with E-state index in [1.54, 1.807) is 0 Å². The predicted molar refractivity (Wildman–Crippen MR) is 77.4 cm³/mol. The second-order valence-electron chi connectivity index (χ2n) is 5.09. The van der Waals surface area contributed by atoms with Gasteiger partial charge in [-0.05, 0) is 29.7 Å². The quantitative estimate of drug-likeness (QED) is 0.670. The fourth-order valence-electron chi connectivity index (χ4n) is 2.78. The SMILES string of the molecule is NC1CC(Nc2ccc(F)cc2[N+](=O)[O-])c2ccccc21. The molecule has 2 aromatic rings. The van der Waals surface area contributed by atoms with Gasteiger partial charge in [0.15, 0.2) is 0 Å². The van der Waals surface area contributed by atoms with Crippen molar-refractivity contribution in [1.29, 1.82) is 0 Å². The number of fused-ring (bicyclic) bond motifs is 1. The zero-order valence-electron chi connectivity index (χ0n) is 11.1. The highest BCUT2D eigenvalue weighted by Gasteiger charge is 2.29. The number of nitrogens with two attached hydrogens (primary N) is 1. The Bertz CT molecular complexity index is 705. The molecule has 3 N–H and O–H groups in total. The van der Waals surface area contributed by atoms with Gasteiger partial charge in [0.25, 0.3) is 5.69 Å². The van der Waals surface area contributed by atoms with Gasteiger partial charge < -0.3 is 11.1 Å². The minimum atomic E-state index is -0.629. The summed E-state index contributed by atoms with van der Waals surface area (Å²) >= 11 is 0. The first-order chi connectivity index (χ1) is 10.1. The van der Waals surface area contributed by atoms with Crippen LogP contribution in [0.25, 0.3) is 0 Å². The van der Waals surface area contributed by atoms with E-state index in [0.29, 0.717) is 12.1 Å². The molecule has 0 radical (unpaired) electrons. The van der Waals surface area contributed by atoms with Crippen LogP contribution in [0.15, 0.2) is 42.5 Å². The fourth-order valence-corrected chi connectivity index (χ4v) is 2.78. The van der Waals surface area contributed by atoms with Gasteiger partial charge in [0.05, 0.1) is 17.0 Å². The first kappa shape index (κ1) is 13.5. The summed E-state index contributed by atoms with van der Waals surface area (Å²) in [4.78, 5) is 10.4. The van der Waals surface area contributed by atoms with E-state index < -0.39 is 10.7 Å². The van der Waals surface area contributed by atoms with Crippen LogP contribution in [-0.2, 0) is 0 Å². The molecule has 6 heteroatoms. The average Bonchev–Trinajstić information content (AvgIpc) is 2.78. The lowest BCUT2D eigenvalue weighted by atomic mass is 10.1. The number of nitrogens with zero attached hydrogens (tertiary/aromatic N) is 1. The summed E-state index contributed by atoms with van der Waals surface area (Å²) in [6.07, 6.45) is 0.647. The summed E-state index contributed by atoms with van der Waals surface area (Å²) in [5.74, 6) is -0.629. The van der Waals surface area contributed by atoms with Crippen LogP contribution in [-0.4, -0.2) is 4.92 Å². The molecule has 2 atom stereocenters. The molecule has 0 saturated carbocycles. The zero-order valence-corrected chi connectivity index (χ0v) is 11.1. The Morgan fingerprint density at radius 3 is 2.67 bits per heavy atom. The molecule has 108 valence electrons. The van der Waals surface area contributed by atoms with Crippen LogP contribution >= 0.6 is 0 Å². The van der Waals surface area contributed by atoms with Gasteiger partial charge in [0.2, 0.25) is 0 Å². The fraction of sp³-hybridized carbons (Fsp3) is 0.200. The monoisotopic (exact) mass is 287 g/mol. The van der Waals surface area contributed by atoms with E-state index in [1.807, 2.05) is 24.3 Å². The second-order valence-corrected chi connectivity index (χ2v) is 5.09. The molecule has 5 nitrogen and oxygen atoms in total. The molecular weight excluding hydrogens is 273 g/mol. The summed E-state index contributed by atoms with van der Waals surface area (Å²) in [5.41, 5.74) is 8.18. The minimum absolute atomic E-state index is 0.0989. The van der Waals surface area contributed by atoms with E-state index in [2.05, 4.69) is 5.32 Å². The Hall–Kier alpha value is -2.47. The summed E-state index contributed by atoms with van der Waals surface area (Å²) < 4.78 is 13.2. The van der Waals surface area contributed by atoms with E-state index in [1.165, 1.54) is 12.1 Å². The largest absolute Gasteiger partial charge is 0.373 e. The molecule has 21 heavy (non-hydrogen) atoms. The maximum Gasteiger partial charge on any atom is 0.295 e. The molecule has 0 amide bonds. The van der Waals surface area contributed by atoms with Crippen LogP contribution < -0.4 is 11.1 Å². The van der Waals surface area contributed by atoms with E-state index in [4.69, 9.17) is 5.73 Å². The van der Waals surface area contributed by atoms with Gasteiger partial charge in [-0.15, -0.1) is 0 Å². The van der Waals surface area contributed by atoms with Crippen molar-refractivity contribution in [3.8, 4) is 0 Å². The molecular formula is C15H14FN3O2. The summed E-state index contributed by atoms with van der Waals surface area (Å²) in [6, 6.07) is 11.0. The number of nitro benzene ring substituents is 1. The molecule has 1 aliphatic carbocycles. The maximum absolute atomic E-state index is 13.2. The first-order valence-corrected chi connectivity index (χ1v) is 6.61. The van der Waals surface area contributed by atoms with Crippen molar-refractivity contribution in [2.75, 3.05) is 5.32 Å². The normalized spacial score (nSPS) is 20.1. The number of anilines is 1. The predicted octanol–water partition coefficient (Wildman–Crippen LogP) is 3.29. The molecule has 1 aliphatic rings. The van der Waals surface area contributed by atoms with Crippen LogP contribution in [0, 0.1) is 15.9 Å². The third kappa shape index (κ3) is 2.45. The van der Waals surface area contributed by atoms with Crippen LogP contribution in [0.5, 0.6) is 0 Å². The Morgan fingerprint density at radius 1 is 1.24 bits per heavy atom. The Labute approximate surface area is 120 Å². The first-order valence-electron chi connectivity index (χ1n) is 6.61. The summed E-state index contributed by atoms with van der Waals surface area (Å²) in [6.45, 7) is 0. The smallest absolute Gasteiger partial charge is 0.295 e. The molecule has 0 bridgehead atoms. The lowest BCUT2D eigenvalue weighted by molar-refractivity contribution is -0.384. The van der Waals surface area contributed by atoms with Gasteiger partial charge in [0.1, 0.15) is 11.5 Å². The van der Waals surface area contributed by atoms with Crippen molar-refractivity contribution in [3.63, 3.8) is 0 Å². The number of nitrogens with one attached hydrogen (secondary N) is 1. The van der Waals surface area contributed by atoms with Crippen molar-refractivity contribution in [2.45, 2.75) is 18.5 Å². The third-order valence-corrected chi connectivity index (χ3v) is 3.75. The van der Waals surface area contributed by atoms with Crippen molar-refractivity contribution < 1.29 is 9.31 Å². The van der Waals surface area contributed by atoms with Crippen molar-refractivity contribution in [2.24, 2.45) is 5.73 Å². The Morgan fingerprint density at radius 2 is 1.95 bits per heavy atom. The molecule has 3 rings (SSSR count). The van der Waals surface area contributed by atoms with E-state index in [9.17, 15) is 14.5 Å². The molecule has 2 aromatic carbocycles. The van der Waals surface area contributed by atoms with Gasteiger partial charge in [-0.2, -0.15) is 0 Å². The van der Waals surface area contributed by atoms with Crippen LogP contribution in [0.4, 0.5) is 15.8 Å². The number of nitro groups is 1. The lowest BCUT2D eigenvalue weighted by Crippen LogP contribution is -2.11. The molecule has 0 heterocycles. The topological polar surface area (TPSA) is 81.2 Å². The number of hydrogen-bond acceptors (Lipinski definition) is 4. The lowest BCUT2D eigenvalue weighted by Gasteiger charge is -2.15. The standard InChI is InChI=1S/C15H14FN3O2/c16-9-5-6-13(15(7-9)19(20)21)18-14-8-12(17)10-3-1-2-4-11(10)14/h1-7,12,14,18H,8,17H2. The van der Waals surface area contributed by atoms with Gasteiger partial charge in [-0.1, -0.05) is 24.3 Å². The number of hydrogen-bond donors (Lipinski definition) is 2. The van der Waals surface area contributed by atoms with E-state index in [0.717, 1.165) is 17.2 Å². The van der Waals surface area contributed by atoms with E-state index >= 15 is 0 Å². The average molecular weight is 287 g/mol. The highest BCUT2D eigenvalue weighted by Crippen LogP contribution is 2.40. The van der Waals surface area contributed by atoms with Gasteiger partial charge >= 0.3 is 0 Å². The zero-order chi connectivity index (χ0) is 15.0. The maximum atomic E-state index is 13.2. The molecule has 0 saturated heterocycles. The van der Waals surface area contributed by atoms with Crippen LogP contribution in [0.1, 0.15) is 29.6 Å². The molecule has 0 aromatic heterocycles. The third-order valence-electron chi connectivity index (χ3n) is 3.75. The van der Waals surface area contributed by atoms with E-state index in [-0.39, 0.29) is 17.8 Å². The summed E-state index contributed by atoms with van der Waals surface area (Å²) in [5, 5.41) is 14.1. The van der Waals surface area contributed by atoms with Gasteiger partial charge in [0, 0.05) is 6.04 Å². The van der Waals surface area contributed by atoms with Crippen LogP contribution in [0.2, 0.25) is 0 Å². The molecule has 0 aliphatic heterocycles. The van der Waals surface area contributed by atoms with Gasteiger partial charge in [-0.25, -0.2) is 4.39 Å². The van der Waals surface area contributed by atoms with Crippen molar-refractivity contribution in [3.05, 3.63) is 69.5 Å². The molecule has 2 unspecified atom stereocenters. The number of halogens is 1. The Kier molecular flexibility index (Phi) is 3.31. The number of benzene rings is 2. The van der Waals surface area contributed by atoms with Gasteiger partial charge in [-0.3, -0.25) is 10.1 Å². The second kappa shape index (κ2) is 5.14. The Balaban J connectivity index is 1.94. The highest BCUT2D eigenvalue weighted by molar-refractivity contribution is 5.63. The van der Waals surface area contributed by atoms with Crippen LogP contribution in [0.3, 0.4) is 0 Å². The van der Waals surface area contributed by atoms with Crippen molar-refractivity contribution in [1.82, 2.24) is 0 Å². The number of rotatable bonds is 3. The van der Waals surface area contributed by atoms with Crippen molar-refractivity contribution >= 4 is 11.4 Å². The highest BCUT2D eigenvalue weighted by atomic mass is 19.1. The summed E-state index contributed by atoms with van der Waals surface area (Å²) in [7, 11) is 0.